The van der Waals surface area contributed by atoms with Gasteiger partial charge < -0.3 is 5.73 Å². The van der Waals surface area contributed by atoms with Gasteiger partial charge in [0.1, 0.15) is 5.84 Å². The van der Waals surface area contributed by atoms with Crippen molar-refractivity contribution >= 4 is 27.5 Å². The topological polar surface area (TPSA) is 38.4 Å². The van der Waals surface area contributed by atoms with Crippen molar-refractivity contribution in [3.8, 4) is 0 Å². The molecule has 0 saturated carbocycles. The molecule has 15 heavy (non-hydrogen) atoms. The second kappa shape index (κ2) is 4.35. The highest BCUT2D eigenvalue weighted by Gasteiger charge is 2.15. The molecule has 0 aromatic heterocycles. The van der Waals surface area contributed by atoms with Crippen LogP contribution in [0.1, 0.15) is 26.3 Å². The summed E-state index contributed by atoms with van der Waals surface area (Å²) in [7, 11) is 0. The molecule has 0 aliphatic rings. The molecular weight excluding hydrogens is 252 g/mol. The summed E-state index contributed by atoms with van der Waals surface area (Å²) in [6.45, 7) is 8.19. The van der Waals surface area contributed by atoms with Crippen LogP contribution in [0.2, 0.25) is 0 Å². The maximum atomic E-state index is 5.94. The summed E-state index contributed by atoms with van der Waals surface area (Å²) in [5.74, 6) is 0.656. The number of amidine groups is 1. The largest absolute Gasteiger partial charge is 0.387 e. The molecule has 0 unspecified atom stereocenters. The molecule has 0 amide bonds. The summed E-state index contributed by atoms with van der Waals surface area (Å²) in [6.07, 6.45) is 0. The number of benzene rings is 1. The molecular formula is C12H17BrN2. The summed E-state index contributed by atoms with van der Waals surface area (Å²) in [6, 6.07) is 5.94. The lowest BCUT2D eigenvalue weighted by Gasteiger charge is -2.17. The van der Waals surface area contributed by atoms with E-state index in [0.717, 1.165) is 15.7 Å². The third-order valence-corrected chi connectivity index (χ3v) is 3.11. The molecule has 2 N–H and O–H groups in total. The van der Waals surface area contributed by atoms with Crippen molar-refractivity contribution in [2.45, 2.75) is 27.7 Å². The van der Waals surface area contributed by atoms with Gasteiger partial charge in [-0.1, -0.05) is 42.8 Å². The zero-order chi connectivity index (χ0) is 11.6. The first-order chi connectivity index (χ1) is 6.82. The number of aliphatic imine (C=N–C) groups is 1. The molecule has 1 aromatic carbocycles. The smallest absolute Gasteiger partial charge is 0.105 e. The lowest BCUT2D eigenvalue weighted by atomic mass is 9.95. The molecule has 0 aliphatic heterocycles. The molecule has 1 aromatic rings. The van der Waals surface area contributed by atoms with Crippen LogP contribution < -0.4 is 5.73 Å². The van der Waals surface area contributed by atoms with Crippen molar-refractivity contribution in [3.05, 3.63) is 28.2 Å². The van der Waals surface area contributed by atoms with E-state index < -0.39 is 0 Å². The number of hydrogen-bond donors (Lipinski definition) is 1. The minimum atomic E-state index is -0.0885. The zero-order valence-electron chi connectivity index (χ0n) is 9.63. The van der Waals surface area contributed by atoms with Gasteiger partial charge in [-0.3, -0.25) is 0 Å². The van der Waals surface area contributed by atoms with E-state index in [1.807, 2.05) is 25.1 Å². The Morgan fingerprint density at radius 2 is 1.93 bits per heavy atom. The van der Waals surface area contributed by atoms with E-state index in [1.54, 1.807) is 0 Å². The molecule has 0 saturated heterocycles. The molecule has 0 spiro atoms. The minimum absolute atomic E-state index is 0.0885. The van der Waals surface area contributed by atoms with Crippen LogP contribution in [-0.4, -0.2) is 5.84 Å². The predicted octanol–water partition coefficient (Wildman–Crippen LogP) is 3.79. The van der Waals surface area contributed by atoms with Gasteiger partial charge in [0.2, 0.25) is 0 Å². The summed E-state index contributed by atoms with van der Waals surface area (Å²) in [4.78, 5) is 4.46. The Kier molecular flexibility index (Phi) is 3.55. The summed E-state index contributed by atoms with van der Waals surface area (Å²) in [5.41, 5.74) is 7.89. The van der Waals surface area contributed by atoms with Crippen LogP contribution in [0.3, 0.4) is 0 Å². The van der Waals surface area contributed by atoms with Crippen molar-refractivity contribution in [3.63, 3.8) is 0 Å². The van der Waals surface area contributed by atoms with Crippen LogP contribution >= 0.6 is 15.9 Å². The fourth-order valence-electron chi connectivity index (χ4n) is 1.01. The van der Waals surface area contributed by atoms with E-state index in [1.165, 1.54) is 0 Å². The number of halogens is 1. The summed E-state index contributed by atoms with van der Waals surface area (Å²) in [5, 5.41) is 0. The van der Waals surface area contributed by atoms with E-state index >= 15 is 0 Å². The van der Waals surface area contributed by atoms with E-state index in [4.69, 9.17) is 5.73 Å². The van der Waals surface area contributed by atoms with Gasteiger partial charge in [0.25, 0.3) is 0 Å². The molecule has 1 rings (SSSR count). The second-order valence-electron chi connectivity index (χ2n) is 4.63. The maximum Gasteiger partial charge on any atom is 0.105 e. The maximum absolute atomic E-state index is 5.94. The van der Waals surface area contributed by atoms with Crippen LogP contribution in [0.15, 0.2) is 27.7 Å². The zero-order valence-corrected chi connectivity index (χ0v) is 11.2. The van der Waals surface area contributed by atoms with Gasteiger partial charge in [-0.25, -0.2) is 4.99 Å². The lowest BCUT2D eigenvalue weighted by molar-refractivity contribution is 0.585. The molecule has 3 heteroatoms. The number of hydrogen-bond acceptors (Lipinski definition) is 1. The average molecular weight is 269 g/mol. The van der Waals surface area contributed by atoms with Crippen molar-refractivity contribution < 1.29 is 0 Å². The monoisotopic (exact) mass is 268 g/mol. The summed E-state index contributed by atoms with van der Waals surface area (Å²) < 4.78 is 1.06. The van der Waals surface area contributed by atoms with Crippen molar-refractivity contribution in [2.75, 3.05) is 0 Å². The molecule has 82 valence electrons. The summed E-state index contributed by atoms with van der Waals surface area (Å²) >= 11 is 3.48. The highest BCUT2D eigenvalue weighted by molar-refractivity contribution is 9.10. The Balaban J connectivity index is 3.15. The van der Waals surface area contributed by atoms with Crippen LogP contribution in [0, 0.1) is 12.3 Å². The first kappa shape index (κ1) is 12.2. The highest BCUT2D eigenvalue weighted by Crippen LogP contribution is 2.27. The van der Waals surface area contributed by atoms with E-state index in [9.17, 15) is 0 Å². The van der Waals surface area contributed by atoms with Crippen molar-refractivity contribution in [1.82, 2.24) is 0 Å². The molecule has 0 aliphatic carbocycles. The van der Waals surface area contributed by atoms with E-state index in [0.29, 0.717) is 5.84 Å². The SMILES string of the molecule is Cc1c(Br)cccc1N=C(N)C(C)(C)C. The number of rotatable bonds is 1. The van der Waals surface area contributed by atoms with Gasteiger partial charge in [0.15, 0.2) is 0 Å². The Bertz CT molecular complexity index is 389. The molecule has 0 fully saturated rings. The van der Waals surface area contributed by atoms with Crippen LogP contribution in [0.25, 0.3) is 0 Å². The van der Waals surface area contributed by atoms with E-state index in [-0.39, 0.29) is 5.41 Å². The Morgan fingerprint density at radius 3 is 2.47 bits per heavy atom. The molecule has 0 radical (unpaired) electrons. The minimum Gasteiger partial charge on any atom is -0.387 e. The fraction of sp³-hybridized carbons (Fsp3) is 0.417. The third kappa shape index (κ3) is 3.06. The Labute approximate surface area is 99.7 Å². The molecule has 0 heterocycles. The fourth-order valence-corrected chi connectivity index (χ4v) is 1.37. The standard InChI is InChI=1S/C12H17BrN2/c1-8-9(13)6-5-7-10(8)15-11(14)12(2,3)4/h5-7H,1-4H3,(H2,14,15). The van der Waals surface area contributed by atoms with Crippen molar-refractivity contribution in [1.29, 1.82) is 0 Å². The first-order valence-corrected chi connectivity index (χ1v) is 5.71. The molecule has 0 atom stereocenters. The highest BCUT2D eigenvalue weighted by atomic mass is 79.9. The van der Waals surface area contributed by atoms with Crippen LogP contribution in [0.5, 0.6) is 0 Å². The normalized spacial score (nSPS) is 13.0. The Morgan fingerprint density at radius 1 is 1.33 bits per heavy atom. The second-order valence-corrected chi connectivity index (χ2v) is 5.49. The van der Waals surface area contributed by atoms with Gasteiger partial charge in [0.05, 0.1) is 5.69 Å². The molecule has 0 bridgehead atoms. The van der Waals surface area contributed by atoms with Gasteiger partial charge in [0, 0.05) is 9.89 Å². The quantitative estimate of drug-likeness (QED) is 0.611. The average Bonchev–Trinajstić information content (AvgIpc) is 2.11. The predicted molar refractivity (Wildman–Crippen MR) is 69.6 cm³/mol. The van der Waals surface area contributed by atoms with Gasteiger partial charge >= 0.3 is 0 Å². The third-order valence-electron chi connectivity index (χ3n) is 2.25. The lowest BCUT2D eigenvalue weighted by Crippen LogP contribution is -2.28. The van der Waals surface area contributed by atoms with Gasteiger partial charge in [-0.15, -0.1) is 0 Å². The number of nitrogens with zero attached hydrogens (tertiary/aromatic N) is 1. The number of nitrogens with two attached hydrogens (primary N) is 1. The van der Waals surface area contributed by atoms with Gasteiger partial charge in [-0.05, 0) is 24.6 Å². The van der Waals surface area contributed by atoms with Crippen LogP contribution in [0.4, 0.5) is 5.69 Å². The van der Waals surface area contributed by atoms with Crippen LogP contribution in [-0.2, 0) is 0 Å². The first-order valence-electron chi connectivity index (χ1n) is 4.92. The van der Waals surface area contributed by atoms with E-state index in [2.05, 4.69) is 41.7 Å². The molecule has 2 nitrogen and oxygen atoms in total. The van der Waals surface area contributed by atoms with Gasteiger partial charge in [-0.2, -0.15) is 0 Å². The van der Waals surface area contributed by atoms with Crippen molar-refractivity contribution in [2.24, 2.45) is 16.1 Å². The Hall–Kier alpha value is -0.830.